The Balaban J connectivity index is 2.68. The summed E-state index contributed by atoms with van der Waals surface area (Å²) in [5.41, 5.74) is 0. The third kappa shape index (κ3) is 4.72. The van der Waals surface area contributed by atoms with E-state index in [0.717, 1.165) is 18.2 Å². The largest absolute Gasteiger partial charge is 0.393 e. The van der Waals surface area contributed by atoms with Gasteiger partial charge in [0.05, 0.1) is 16.0 Å². The Kier molecular flexibility index (Phi) is 5.73. The highest BCUT2D eigenvalue weighted by molar-refractivity contribution is 7.89. The number of aliphatic hydroxyl groups is 1. The van der Waals surface area contributed by atoms with E-state index in [1.165, 1.54) is 0 Å². The molecule has 0 aliphatic heterocycles. The van der Waals surface area contributed by atoms with Crippen molar-refractivity contribution in [1.82, 2.24) is 4.72 Å². The zero-order valence-electron chi connectivity index (χ0n) is 10.7. The van der Waals surface area contributed by atoms with Crippen LogP contribution < -0.4 is 4.72 Å². The average molecular weight is 310 g/mol. The molecule has 4 nitrogen and oxygen atoms in total. The first-order valence-corrected chi connectivity index (χ1v) is 7.73. The molecule has 1 rings (SSSR count). The lowest BCUT2D eigenvalue weighted by Gasteiger charge is -2.14. The Bertz CT molecular complexity index is 534. The average Bonchev–Trinajstić information content (AvgIpc) is 2.32. The van der Waals surface area contributed by atoms with E-state index in [1.54, 1.807) is 0 Å². The molecule has 0 radical (unpaired) electrons. The maximum absolute atomic E-state index is 13.0. The molecule has 0 amide bonds. The maximum atomic E-state index is 13.0. The van der Waals surface area contributed by atoms with E-state index in [-0.39, 0.29) is 22.4 Å². The van der Waals surface area contributed by atoms with Gasteiger partial charge >= 0.3 is 0 Å². The minimum atomic E-state index is -3.73. The molecule has 0 heterocycles. The van der Waals surface area contributed by atoms with Crippen LogP contribution in [0.15, 0.2) is 23.1 Å². The molecule has 0 spiro atoms. The van der Waals surface area contributed by atoms with Gasteiger partial charge in [-0.3, -0.25) is 0 Å². The van der Waals surface area contributed by atoms with Crippen molar-refractivity contribution in [2.75, 3.05) is 6.54 Å². The van der Waals surface area contributed by atoms with Crippen LogP contribution in [0.3, 0.4) is 0 Å². The van der Waals surface area contributed by atoms with Crippen LogP contribution in [-0.2, 0) is 10.0 Å². The number of halogens is 2. The second-order valence-electron chi connectivity index (χ2n) is 4.57. The fraction of sp³-hybridized carbons (Fsp3) is 0.500. The lowest BCUT2D eigenvalue weighted by atomic mass is 10.1. The smallest absolute Gasteiger partial charge is 0.240 e. The van der Waals surface area contributed by atoms with Gasteiger partial charge in [-0.1, -0.05) is 25.4 Å². The SMILES string of the molecule is CC(C)C(O)CCNS(=O)(=O)c1ccc(F)c(Cl)c1. The fourth-order valence-electron chi connectivity index (χ4n) is 1.40. The van der Waals surface area contributed by atoms with E-state index in [1.807, 2.05) is 13.8 Å². The van der Waals surface area contributed by atoms with Gasteiger partial charge < -0.3 is 5.11 Å². The molecule has 0 fully saturated rings. The Hall–Kier alpha value is -0.690. The predicted octanol–water partition coefficient (Wildman–Crippen LogP) is 2.16. The van der Waals surface area contributed by atoms with Crippen LogP contribution in [0.4, 0.5) is 4.39 Å². The van der Waals surface area contributed by atoms with Crippen molar-refractivity contribution in [3.63, 3.8) is 0 Å². The number of hydrogen-bond acceptors (Lipinski definition) is 3. The van der Waals surface area contributed by atoms with Crippen LogP contribution in [0.5, 0.6) is 0 Å². The standard InChI is InChI=1S/C12H17ClFNO3S/c1-8(2)12(16)5-6-15-19(17,18)9-3-4-11(14)10(13)7-9/h3-4,7-8,12,15-16H,5-6H2,1-2H3. The van der Waals surface area contributed by atoms with Gasteiger partial charge in [0.1, 0.15) is 5.82 Å². The molecule has 2 N–H and O–H groups in total. The molecule has 0 saturated heterocycles. The highest BCUT2D eigenvalue weighted by Crippen LogP contribution is 2.19. The van der Waals surface area contributed by atoms with Gasteiger partial charge in [-0.15, -0.1) is 0 Å². The topological polar surface area (TPSA) is 66.4 Å². The third-order valence-electron chi connectivity index (χ3n) is 2.70. The molecule has 1 aromatic carbocycles. The molecule has 7 heteroatoms. The highest BCUT2D eigenvalue weighted by Gasteiger charge is 2.16. The first-order valence-electron chi connectivity index (χ1n) is 5.87. The Morgan fingerprint density at radius 2 is 2.05 bits per heavy atom. The minimum absolute atomic E-state index is 0.0600. The van der Waals surface area contributed by atoms with Gasteiger partial charge in [0.2, 0.25) is 10.0 Å². The zero-order valence-corrected chi connectivity index (χ0v) is 12.3. The monoisotopic (exact) mass is 309 g/mol. The van der Waals surface area contributed by atoms with Crippen molar-refractivity contribution in [3.8, 4) is 0 Å². The van der Waals surface area contributed by atoms with Crippen molar-refractivity contribution < 1.29 is 17.9 Å². The molecule has 1 unspecified atom stereocenters. The summed E-state index contributed by atoms with van der Waals surface area (Å²) >= 11 is 5.54. The first kappa shape index (κ1) is 16.4. The minimum Gasteiger partial charge on any atom is -0.393 e. The van der Waals surface area contributed by atoms with Gasteiger partial charge in [-0.25, -0.2) is 17.5 Å². The second-order valence-corrected chi connectivity index (χ2v) is 6.75. The molecule has 1 atom stereocenters. The normalized spacial score (nSPS) is 13.8. The number of rotatable bonds is 6. The quantitative estimate of drug-likeness (QED) is 0.846. The van der Waals surface area contributed by atoms with Crippen LogP contribution in [0, 0.1) is 11.7 Å². The van der Waals surface area contributed by atoms with E-state index >= 15 is 0 Å². The van der Waals surface area contributed by atoms with E-state index < -0.39 is 21.9 Å². The molecule has 0 bridgehead atoms. The van der Waals surface area contributed by atoms with Gasteiger partial charge in [0, 0.05) is 6.54 Å². The van der Waals surface area contributed by atoms with E-state index in [4.69, 9.17) is 11.6 Å². The van der Waals surface area contributed by atoms with Crippen molar-refractivity contribution >= 4 is 21.6 Å². The Morgan fingerprint density at radius 3 is 2.58 bits per heavy atom. The van der Waals surface area contributed by atoms with Crippen molar-refractivity contribution in [3.05, 3.63) is 29.0 Å². The van der Waals surface area contributed by atoms with Crippen LogP contribution in [0.2, 0.25) is 5.02 Å². The maximum Gasteiger partial charge on any atom is 0.240 e. The number of aliphatic hydroxyl groups excluding tert-OH is 1. The van der Waals surface area contributed by atoms with E-state index in [9.17, 15) is 17.9 Å². The molecule has 0 aromatic heterocycles. The summed E-state index contributed by atoms with van der Waals surface area (Å²) < 4.78 is 39.0. The molecule has 108 valence electrons. The number of nitrogens with one attached hydrogen (secondary N) is 1. The zero-order chi connectivity index (χ0) is 14.6. The Labute approximate surface area is 117 Å². The number of hydrogen-bond donors (Lipinski definition) is 2. The van der Waals surface area contributed by atoms with Crippen molar-refractivity contribution in [2.45, 2.75) is 31.3 Å². The fourth-order valence-corrected chi connectivity index (χ4v) is 2.72. The molecule has 19 heavy (non-hydrogen) atoms. The van der Waals surface area contributed by atoms with Crippen LogP contribution in [-0.4, -0.2) is 26.2 Å². The van der Waals surface area contributed by atoms with Crippen LogP contribution >= 0.6 is 11.6 Å². The van der Waals surface area contributed by atoms with Gasteiger partial charge in [-0.05, 0) is 30.5 Å². The lowest BCUT2D eigenvalue weighted by molar-refractivity contribution is 0.118. The van der Waals surface area contributed by atoms with Crippen LogP contribution in [0.25, 0.3) is 0 Å². The summed E-state index contributed by atoms with van der Waals surface area (Å²) in [6.07, 6.45) is -0.259. The summed E-state index contributed by atoms with van der Waals surface area (Å²) in [5.74, 6) is -0.611. The van der Waals surface area contributed by atoms with Gasteiger partial charge in [0.25, 0.3) is 0 Å². The summed E-state index contributed by atoms with van der Waals surface area (Å²) in [6.45, 7) is 3.80. The lowest BCUT2D eigenvalue weighted by Crippen LogP contribution is -2.28. The van der Waals surface area contributed by atoms with E-state index in [0.29, 0.717) is 6.42 Å². The highest BCUT2D eigenvalue weighted by atomic mass is 35.5. The van der Waals surface area contributed by atoms with Gasteiger partial charge in [0.15, 0.2) is 0 Å². The van der Waals surface area contributed by atoms with Crippen molar-refractivity contribution in [2.24, 2.45) is 5.92 Å². The van der Waals surface area contributed by atoms with Gasteiger partial charge in [-0.2, -0.15) is 0 Å². The summed E-state index contributed by atoms with van der Waals surface area (Å²) in [6, 6.07) is 3.19. The predicted molar refractivity (Wildman–Crippen MR) is 72.1 cm³/mol. The molecular formula is C12H17ClFNO3S. The summed E-state index contributed by atoms with van der Waals surface area (Å²) in [4.78, 5) is -0.0991. The number of benzene rings is 1. The molecule has 0 aliphatic rings. The summed E-state index contributed by atoms with van der Waals surface area (Å²) in [5, 5.41) is 9.32. The molecular weight excluding hydrogens is 293 g/mol. The molecule has 0 saturated carbocycles. The van der Waals surface area contributed by atoms with E-state index in [2.05, 4.69) is 4.72 Å². The number of sulfonamides is 1. The third-order valence-corrected chi connectivity index (χ3v) is 4.45. The first-order chi connectivity index (χ1) is 8.74. The Morgan fingerprint density at radius 1 is 1.42 bits per heavy atom. The second kappa shape index (κ2) is 6.65. The molecule has 0 aliphatic carbocycles. The van der Waals surface area contributed by atoms with Crippen LogP contribution in [0.1, 0.15) is 20.3 Å². The summed E-state index contributed by atoms with van der Waals surface area (Å²) in [7, 11) is -3.73. The van der Waals surface area contributed by atoms with Crippen molar-refractivity contribution in [1.29, 1.82) is 0 Å². The molecule has 1 aromatic rings.